The number of hydrogen-bond donors (Lipinski definition) is 0. The topological polar surface area (TPSA) is 59.1 Å². The zero-order valence-corrected chi connectivity index (χ0v) is 16.7. The molecule has 2 aliphatic heterocycles. The Morgan fingerprint density at radius 2 is 1.90 bits per heavy atom. The highest BCUT2D eigenvalue weighted by atomic mass is 16.5. The number of benzene rings is 2. The lowest BCUT2D eigenvalue weighted by Crippen LogP contribution is -2.48. The number of carbonyl (C=O) groups excluding carboxylic acids is 2. The van der Waals surface area contributed by atoms with Crippen LogP contribution in [0, 0.1) is 0 Å². The number of rotatable bonds is 6. The first-order chi connectivity index (χ1) is 14.2. The van der Waals surface area contributed by atoms with Crippen molar-refractivity contribution in [3.63, 3.8) is 0 Å². The second-order valence-corrected chi connectivity index (χ2v) is 7.49. The molecule has 0 saturated carbocycles. The Labute approximate surface area is 171 Å². The highest BCUT2D eigenvalue weighted by molar-refractivity contribution is 5.95. The van der Waals surface area contributed by atoms with Crippen LogP contribution in [0.3, 0.4) is 0 Å². The number of amides is 1. The Hall–Kier alpha value is -2.86. The predicted octanol–water partition coefficient (Wildman–Crippen LogP) is 3.14. The molecule has 29 heavy (non-hydrogen) atoms. The van der Waals surface area contributed by atoms with E-state index in [-0.39, 0.29) is 18.0 Å². The van der Waals surface area contributed by atoms with Gasteiger partial charge in [0, 0.05) is 37.3 Å². The molecule has 1 amide bonds. The molecule has 1 fully saturated rings. The molecular weight excluding hydrogens is 368 g/mol. The Balaban J connectivity index is 1.23. The average molecular weight is 394 g/mol. The van der Waals surface area contributed by atoms with Gasteiger partial charge < -0.3 is 14.4 Å². The van der Waals surface area contributed by atoms with Crippen LogP contribution in [0.25, 0.3) is 0 Å². The molecule has 1 atom stereocenters. The Morgan fingerprint density at radius 1 is 1.10 bits per heavy atom. The van der Waals surface area contributed by atoms with Gasteiger partial charge in [0.15, 0.2) is 0 Å². The number of piperazine rings is 1. The second-order valence-electron chi connectivity index (χ2n) is 7.49. The van der Waals surface area contributed by atoms with E-state index >= 15 is 0 Å². The number of esters is 1. The fraction of sp³-hybridized carbons (Fsp3) is 0.391. The molecule has 152 valence electrons. The van der Waals surface area contributed by atoms with E-state index in [9.17, 15) is 9.59 Å². The molecule has 2 aromatic rings. The fourth-order valence-corrected chi connectivity index (χ4v) is 4.05. The molecule has 0 radical (unpaired) electrons. The van der Waals surface area contributed by atoms with E-state index in [2.05, 4.69) is 4.90 Å². The maximum atomic E-state index is 12.7. The van der Waals surface area contributed by atoms with Crippen LogP contribution < -0.4 is 4.74 Å². The van der Waals surface area contributed by atoms with Crippen molar-refractivity contribution in [3.05, 3.63) is 65.2 Å². The predicted molar refractivity (Wildman–Crippen MR) is 109 cm³/mol. The van der Waals surface area contributed by atoms with E-state index in [0.717, 1.165) is 51.1 Å². The van der Waals surface area contributed by atoms with Crippen LogP contribution in [0.1, 0.15) is 45.2 Å². The molecule has 6 heteroatoms. The first-order valence-corrected chi connectivity index (χ1v) is 10.1. The molecule has 2 heterocycles. The average Bonchev–Trinajstić information content (AvgIpc) is 3.09. The van der Waals surface area contributed by atoms with Crippen molar-refractivity contribution in [1.82, 2.24) is 9.80 Å². The molecular formula is C23H26N2O4. The summed E-state index contributed by atoms with van der Waals surface area (Å²) in [5.74, 6) is 0.539. The Morgan fingerprint density at radius 3 is 2.69 bits per heavy atom. The first kappa shape index (κ1) is 19.5. The van der Waals surface area contributed by atoms with Gasteiger partial charge in [0.1, 0.15) is 11.9 Å². The molecule has 0 N–H and O–H groups in total. The van der Waals surface area contributed by atoms with Gasteiger partial charge >= 0.3 is 5.97 Å². The van der Waals surface area contributed by atoms with Crippen molar-refractivity contribution in [2.75, 3.05) is 39.8 Å². The quantitative estimate of drug-likeness (QED) is 0.705. The number of nitrogens with zero attached hydrogens (tertiary/aromatic N) is 2. The highest BCUT2D eigenvalue weighted by Crippen LogP contribution is 2.33. The fourth-order valence-electron chi connectivity index (χ4n) is 4.05. The van der Waals surface area contributed by atoms with E-state index in [1.54, 1.807) is 13.2 Å². The summed E-state index contributed by atoms with van der Waals surface area (Å²) < 4.78 is 10.7. The minimum absolute atomic E-state index is 0.0537. The van der Waals surface area contributed by atoms with Crippen LogP contribution in [0.5, 0.6) is 5.75 Å². The Bertz CT molecular complexity index is 890. The monoisotopic (exact) mass is 394 g/mol. The van der Waals surface area contributed by atoms with Gasteiger partial charge in [-0.15, -0.1) is 0 Å². The lowest BCUT2D eigenvalue weighted by atomic mass is 10.0. The molecule has 6 nitrogen and oxygen atoms in total. The third-order valence-corrected chi connectivity index (χ3v) is 5.69. The summed E-state index contributed by atoms with van der Waals surface area (Å²) in [7, 11) is 1.60. The number of fused-ring (bicyclic) bond motifs is 1. The highest BCUT2D eigenvalue weighted by Gasteiger charge is 2.30. The molecule has 1 saturated heterocycles. The number of hydrogen-bond acceptors (Lipinski definition) is 5. The normalized spacial score (nSPS) is 19.0. The van der Waals surface area contributed by atoms with Crippen molar-refractivity contribution in [2.45, 2.75) is 18.9 Å². The third-order valence-electron chi connectivity index (χ3n) is 5.69. The third kappa shape index (κ3) is 4.27. The summed E-state index contributed by atoms with van der Waals surface area (Å²) in [6, 6.07) is 14.9. The minimum Gasteiger partial charge on any atom is -0.497 e. The summed E-state index contributed by atoms with van der Waals surface area (Å²) in [5.41, 5.74) is 2.37. The SMILES string of the molecule is COc1cccc(C(=O)N2CCN(CCCC3OC(=O)c4ccccc43)CC2)c1. The lowest BCUT2D eigenvalue weighted by molar-refractivity contribution is 0.0353. The molecule has 4 rings (SSSR count). The van der Waals surface area contributed by atoms with Crippen molar-refractivity contribution in [2.24, 2.45) is 0 Å². The van der Waals surface area contributed by atoms with Crippen LogP contribution in [0.2, 0.25) is 0 Å². The number of methoxy groups -OCH3 is 1. The van der Waals surface area contributed by atoms with Gasteiger partial charge in [-0.1, -0.05) is 24.3 Å². The van der Waals surface area contributed by atoms with Gasteiger partial charge in [-0.3, -0.25) is 9.69 Å². The molecule has 0 spiro atoms. The molecule has 0 aliphatic carbocycles. The zero-order valence-electron chi connectivity index (χ0n) is 16.7. The first-order valence-electron chi connectivity index (χ1n) is 10.1. The van der Waals surface area contributed by atoms with Gasteiger partial charge in [0.05, 0.1) is 12.7 Å². The summed E-state index contributed by atoms with van der Waals surface area (Å²) in [4.78, 5) is 28.9. The largest absolute Gasteiger partial charge is 0.497 e. The number of cyclic esters (lactones) is 1. The molecule has 0 bridgehead atoms. The molecule has 2 aliphatic rings. The maximum Gasteiger partial charge on any atom is 0.339 e. The van der Waals surface area contributed by atoms with Crippen molar-refractivity contribution < 1.29 is 19.1 Å². The Kier molecular flexibility index (Phi) is 5.81. The summed E-state index contributed by atoms with van der Waals surface area (Å²) in [6.45, 7) is 4.10. The summed E-state index contributed by atoms with van der Waals surface area (Å²) in [6.07, 6.45) is 1.65. The smallest absolute Gasteiger partial charge is 0.339 e. The summed E-state index contributed by atoms with van der Waals surface area (Å²) in [5, 5.41) is 0. The van der Waals surface area contributed by atoms with Crippen molar-refractivity contribution >= 4 is 11.9 Å². The van der Waals surface area contributed by atoms with Gasteiger partial charge in [-0.05, 0) is 43.7 Å². The maximum absolute atomic E-state index is 12.7. The van der Waals surface area contributed by atoms with Crippen molar-refractivity contribution in [1.29, 1.82) is 0 Å². The van der Waals surface area contributed by atoms with Crippen LogP contribution in [-0.4, -0.2) is 61.5 Å². The zero-order chi connectivity index (χ0) is 20.2. The van der Waals surface area contributed by atoms with Gasteiger partial charge in [0.25, 0.3) is 5.91 Å². The summed E-state index contributed by atoms with van der Waals surface area (Å²) >= 11 is 0. The lowest BCUT2D eigenvalue weighted by Gasteiger charge is -2.35. The van der Waals surface area contributed by atoms with E-state index in [4.69, 9.17) is 9.47 Å². The van der Waals surface area contributed by atoms with Crippen LogP contribution >= 0.6 is 0 Å². The standard InChI is InChI=1S/C23H26N2O4/c1-28-18-7-4-6-17(16-18)22(26)25-14-12-24(13-15-25)11-5-10-21-19-8-2-3-9-20(19)23(27)29-21/h2-4,6-9,16,21H,5,10-15H2,1H3. The number of carbonyl (C=O) groups is 2. The molecule has 0 aromatic heterocycles. The van der Waals surface area contributed by atoms with Crippen LogP contribution in [0.15, 0.2) is 48.5 Å². The molecule has 2 aromatic carbocycles. The van der Waals surface area contributed by atoms with Gasteiger partial charge in [-0.2, -0.15) is 0 Å². The van der Waals surface area contributed by atoms with E-state index in [1.807, 2.05) is 47.4 Å². The second kappa shape index (κ2) is 8.66. The van der Waals surface area contributed by atoms with E-state index in [1.165, 1.54) is 0 Å². The minimum atomic E-state index is -0.213. The van der Waals surface area contributed by atoms with Crippen LogP contribution in [-0.2, 0) is 4.74 Å². The number of ether oxygens (including phenoxy) is 2. The van der Waals surface area contributed by atoms with Crippen LogP contribution in [0.4, 0.5) is 0 Å². The van der Waals surface area contributed by atoms with Gasteiger partial charge in [0.2, 0.25) is 0 Å². The van der Waals surface area contributed by atoms with E-state index in [0.29, 0.717) is 16.9 Å². The molecule has 1 unspecified atom stereocenters. The van der Waals surface area contributed by atoms with E-state index < -0.39 is 0 Å². The van der Waals surface area contributed by atoms with Crippen molar-refractivity contribution in [3.8, 4) is 5.75 Å². The van der Waals surface area contributed by atoms with Gasteiger partial charge in [-0.25, -0.2) is 4.79 Å².